The number of ether oxygens (including phenoxy) is 1. The molecule has 7 heteroatoms. The standard InChI is InChI=1S/C15H23NO5S/c1-16(13-7-8-22(19,20)11-13)14(17)10-21-15(18)9-12-5-3-2-4-6-12/h9,13H,2-8,10-11H2,1H3/t13-/m1/s1. The number of carbonyl (C=O) groups is 2. The first-order valence-corrected chi connectivity index (χ1v) is 9.52. The fraction of sp³-hybridized carbons (Fsp3) is 0.733. The summed E-state index contributed by atoms with van der Waals surface area (Å²) >= 11 is 0. The van der Waals surface area contributed by atoms with Crippen molar-refractivity contribution in [3.8, 4) is 0 Å². The van der Waals surface area contributed by atoms with Gasteiger partial charge in [-0.2, -0.15) is 0 Å². The van der Waals surface area contributed by atoms with Gasteiger partial charge in [0.05, 0.1) is 11.5 Å². The van der Waals surface area contributed by atoms with Gasteiger partial charge in [0.2, 0.25) is 0 Å². The third-order valence-corrected chi connectivity index (χ3v) is 6.06. The molecule has 1 aliphatic heterocycles. The van der Waals surface area contributed by atoms with Gasteiger partial charge in [0.1, 0.15) is 0 Å². The largest absolute Gasteiger partial charge is 0.452 e. The predicted molar refractivity (Wildman–Crippen MR) is 82.0 cm³/mol. The first-order chi connectivity index (χ1) is 10.4. The SMILES string of the molecule is CN(C(=O)COC(=O)C=C1CCCCC1)[C@@H]1CCS(=O)(=O)C1. The summed E-state index contributed by atoms with van der Waals surface area (Å²) in [6.45, 7) is -0.338. The summed E-state index contributed by atoms with van der Waals surface area (Å²) in [5, 5.41) is 0. The minimum absolute atomic E-state index is 0.00671. The van der Waals surface area contributed by atoms with Crippen LogP contribution in [0.15, 0.2) is 11.6 Å². The molecule has 0 aromatic rings. The van der Waals surface area contributed by atoms with Gasteiger partial charge in [-0.3, -0.25) is 4.79 Å². The number of carbonyl (C=O) groups excluding carboxylic acids is 2. The predicted octanol–water partition coefficient (Wildman–Crippen LogP) is 1.07. The highest BCUT2D eigenvalue weighted by atomic mass is 32.2. The second-order valence-electron chi connectivity index (χ2n) is 6.03. The molecule has 124 valence electrons. The van der Waals surface area contributed by atoms with Gasteiger partial charge < -0.3 is 9.64 Å². The highest BCUT2D eigenvalue weighted by molar-refractivity contribution is 7.91. The molecule has 0 radical (unpaired) electrons. The summed E-state index contributed by atoms with van der Waals surface area (Å²) in [5.41, 5.74) is 1.08. The Kier molecular flexibility index (Phi) is 5.61. The Morgan fingerprint density at radius 2 is 1.95 bits per heavy atom. The van der Waals surface area contributed by atoms with E-state index in [-0.39, 0.29) is 30.1 Å². The molecule has 0 N–H and O–H groups in total. The molecule has 6 nitrogen and oxygen atoms in total. The van der Waals surface area contributed by atoms with E-state index in [0.29, 0.717) is 6.42 Å². The highest BCUT2D eigenvalue weighted by Crippen LogP contribution is 2.22. The topological polar surface area (TPSA) is 80.8 Å². The van der Waals surface area contributed by atoms with Crippen molar-refractivity contribution in [2.45, 2.75) is 44.6 Å². The molecule has 0 spiro atoms. The Morgan fingerprint density at radius 1 is 1.27 bits per heavy atom. The maximum absolute atomic E-state index is 12.0. The van der Waals surface area contributed by atoms with Gasteiger partial charge in [0.15, 0.2) is 16.4 Å². The summed E-state index contributed by atoms with van der Waals surface area (Å²) in [5.74, 6) is -0.746. The van der Waals surface area contributed by atoms with Crippen molar-refractivity contribution < 1.29 is 22.7 Å². The maximum atomic E-state index is 12.0. The average Bonchev–Trinajstić information content (AvgIpc) is 2.85. The minimum Gasteiger partial charge on any atom is -0.452 e. The number of allylic oxidation sites excluding steroid dienone is 1. The molecule has 0 aromatic heterocycles. The van der Waals surface area contributed by atoms with Crippen LogP contribution in [0.5, 0.6) is 0 Å². The molecule has 0 aromatic carbocycles. The zero-order valence-corrected chi connectivity index (χ0v) is 13.7. The van der Waals surface area contributed by atoms with Crippen molar-refractivity contribution in [2.75, 3.05) is 25.2 Å². The first kappa shape index (κ1) is 17.0. The summed E-state index contributed by atoms with van der Waals surface area (Å²) in [6.07, 6.45) is 7.16. The van der Waals surface area contributed by atoms with Crippen LogP contribution in [0.1, 0.15) is 38.5 Å². The molecule has 2 rings (SSSR count). The van der Waals surface area contributed by atoms with Gasteiger partial charge in [0.25, 0.3) is 5.91 Å². The molecule has 1 saturated carbocycles. The molecule has 22 heavy (non-hydrogen) atoms. The van der Waals surface area contributed by atoms with Crippen LogP contribution in [0.3, 0.4) is 0 Å². The number of likely N-dealkylation sites (N-methyl/N-ethyl adjacent to an activating group) is 1. The lowest BCUT2D eigenvalue weighted by Gasteiger charge is -2.23. The molecular formula is C15H23NO5S. The smallest absolute Gasteiger partial charge is 0.331 e. The third-order valence-electron chi connectivity index (χ3n) is 4.31. The second-order valence-corrected chi connectivity index (χ2v) is 8.26. The Bertz CT molecular complexity index is 558. The van der Waals surface area contributed by atoms with Crippen molar-refractivity contribution in [2.24, 2.45) is 0 Å². The molecule has 1 heterocycles. The van der Waals surface area contributed by atoms with Crippen LogP contribution in [-0.4, -0.2) is 56.4 Å². The van der Waals surface area contributed by atoms with Crippen LogP contribution in [-0.2, 0) is 24.2 Å². The summed E-state index contributed by atoms with van der Waals surface area (Å²) in [4.78, 5) is 25.0. The number of esters is 1. The van der Waals surface area contributed by atoms with E-state index >= 15 is 0 Å². The van der Waals surface area contributed by atoms with E-state index in [0.717, 1.165) is 31.3 Å². The van der Waals surface area contributed by atoms with E-state index in [9.17, 15) is 18.0 Å². The van der Waals surface area contributed by atoms with Gasteiger partial charge in [-0.25, -0.2) is 13.2 Å². The van der Waals surface area contributed by atoms with Gasteiger partial charge in [-0.15, -0.1) is 0 Å². The Balaban J connectivity index is 1.78. The molecule has 0 bridgehead atoms. The van der Waals surface area contributed by atoms with Gasteiger partial charge in [0, 0.05) is 19.2 Å². The number of hydrogen-bond donors (Lipinski definition) is 0. The Labute approximate surface area is 131 Å². The quantitative estimate of drug-likeness (QED) is 0.569. The maximum Gasteiger partial charge on any atom is 0.331 e. The Hall–Kier alpha value is -1.37. The lowest BCUT2D eigenvalue weighted by Crippen LogP contribution is -2.40. The van der Waals surface area contributed by atoms with Crippen LogP contribution >= 0.6 is 0 Å². The normalized spacial score (nSPS) is 23.9. The van der Waals surface area contributed by atoms with Crippen LogP contribution in [0, 0.1) is 0 Å². The zero-order valence-electron chi connectivity index (χ0n) is 12.9. The fourth-order valence-corrected chi connectivity index (χ4v) is 4.65. The molecular weight excluding hydrogens is 306 g/mol. The average molecular weight is 329 g/mol. The molecule has 1 atom stereocenters. The molecule has 1 saturated heterocycles. The number of rotatable bonds is 4. The van der Waals surface area contributed by atoms with Gasteiger partial charge in [-0.05, 0) is 32.1 Å². The summed E-state index contributed by atoms with van der Waals surface area (Å²) in [7, 11) is -1.48. The van der Waals surface area contributed by atoms with Crippen LogP contribution in [0.4, 0.5) is 0 Å². The van der Waals surface area contributed by atoms with Crippen molar-refractivity contribution in [3.05, 3.63) is 11.6 Å². The monoisotopic (exact) mass is 329 g/mol. The van der Waals surface area contributed by atoms with Crippen LogP contribution in [0.2, 0.25) is 0 Å². The van der Waals surface area contributed by atoms with Crippen molar-refractivity contribution in [1.82, 2.24) is 4.90 Å². The summed E-state index contributed by atoms with van der Waals surface area (Å²) < 4.78 is 27.8. The van der Waals surface area contributed by atoms with Crippen LogP contribution < -0.4 is 0 Å². The van der Waals surface area contributed by atoms with Crippen LogP contribution in [0.25, 0.3) is 0 Å². The van der Waals surface area contributed by atoms with Crippen molar-refractivity contribution in [3.63, 3.8) is 0 Å². The number of hydrogen-bond acceptors (Lipinski definition) is 5. The van der Waals surface area contributed by atoms with Crippen molar-refractivity contribution >= 4 is 21.7 Å². The van der Waals surface area contributed by atoms with E-state index in [1.807, 2.05) is 0 Å². The van der Waals surface area contributed by atoms with Gasteiger partial charge in [-0.1, -0.05) is 12.0 Å². The molecule has 1 amide bonds. The van der Waals surface area contributed by atoms with E-state index < -0.39 is 15.8 Å². The molecule has 2 aliphatic rings. The zero-order chi connectivity index (χ0) is 16.2. The van der Waals surface area contributed by atoms with E-state index in [1.165, 1.54) is 17.4 Å². The molecule has 0 unspecified atom stereocenters. The van der Waals surface area contributed by atoms with Gasteiger partial charge >= 0.3 is 5.97 Å². The first-order valence-electron chi connectivity index (χ1n) is 7.70. The minimum atomic E-state index is -3.04. The van der Waals surface area contributed by atoms with E-state index in [1.54, 1.807) is 7.05 Å². The number of nitrogens with zero attached hydrogens (tertiary/aromatic N) is 1. The van der Waals surface area contributed by atoms with E-state index in [4.69, 9.17) is 4.74 Å². The van der Waals surface area contributed by atoms with Crippen molar-refractivity contribution in [1.29, 1.82) is 0 Å². The molecule has 1 aliphatic carbocycles. The number of amides is 1. The molecule has 2 fully saturated rings. The Morgan fingerprint density at radius 3 is 2.55 bits per heavy atom. The van der Waals surface area contributed by atoms with E-state index in [2.05, 4.69) is 0 Å². The second kappa shape index (κ2) is 7.26. The number of sulfone groups is 1. The highest BCUT2D eigenvalue weighted by Gasteiger charge is 2.32. The lowest BCUT2D eigenvalue weighted by molar-refractivity contribution is -0.148. The summed E-state index contributed by atoms with van der Waals surface area (Å²) in [6, 6.07) is -0.312. The lowest BCUT2D eigenvalue weighted by atomic mass is 9.95. The third kappa shape index (κ3) is 4.83. The fourth-order valence-electron chi connectivity index (χ4n) is 2.88.